The molecule has 2 aliphatic rings. The summed E-state index contributed by atoms with van der Waals surface area (Å²) in [5.41, 5.74) is 7.13. The number of benzene rings is 1. The zero-order valence-electron chi connectivity index (χ0n) is 12.3. The third kappa shape index (κ3) is 3.36. The molecule has 1 atom stereocenters. The van der Waals surface area contributed by atoms with Crippen molar-refractivity contribution in [2.24, 2.45) is 0 Å². The maximum Gasteiger partial charge on any atom is 0.254 e. The van der Waals surface area contributed by atoms with Gasteiger partial charge in [0, 0.05) is 43.5 Å². The molecular weight excluding hydrogens is 266 g/mol. The number of morpholine rings is 1. The average Bonchev–Trinajstić information content (AvgIpc) is 2.95. The van der Waals surface area contributed by atoms with E-state index in [1.54, 1.807) is 6.07 Å². The first-order valence-electron chi connectivity index (χ1n) is 7.70. The van der Waals surface area contributed by atoms with Crippen LogP contribution in [0.2, 0.25) is 0 Å². The summed E-state index contributed by atoms with van der Waals surface area (Å²) in [7, 11) is 0. The molecule has 1 aromatic rings. The molecule has 1 amide bonds. The second kappa shape index (κ2) is 6.45. The number of nitrogens with zero attached hydrogens (tertiary/aromatic N) is 2. The first-order valence-corrected chi connectivity index (χ1v) is 7.70. The van der Waals surface area contributed by atoms with Crippen molar-refractivity contribution in [1.29, 1.82) is 0 Å². The summed E-state index contributed by atoms with van der Waals surface area (Å²) in [5.74, 6) is 0.109. The van der Waals surface area contributed by atoms with Gasteiger partial charge in [0.25, 0.3) is 5.91 Å². The number of anilines is 1. The average molecular weight is 289 g/mol. The molecule has 1 aromatic carbocycles. The fourth-order valence-corrected chi connectivity index (χ4v) is 3.21. The molecule has 2 N–H and O–H groups in total. The molecule has 3 rings (SSSR count). The summed E-state index contributed by atoms with van der Waals surface area (Å²) in [5, 5.41) is 0. The van der Waals surface area contributed by atoms with Gasteiger partial charge in [-0.1, -0.05) is 6.07 Å². The summed E-state index contributed by atoms with van der Waals surface area (Å²) >= 11 is 0. The molecule has 0 aromatic heterocycles. The number of hydrogen-bond acceptors (Lipinski definition) is 4. The van der Waals surface area contributed by atoms with Crippen LogP contribution >= 0.6 is 0 Å². The molecule has 21 heavy (non-hydrogen) atoms. The number of amides is 1. The minimum absolute atomic E-state index is 0.109. The predicted octanol–water partition coefficient (Wildman–Crippen LogP) is 1.21. The highest BCUT2D eigenvalue weighted by Gasteiger charge is 2.31. The molecular formula is C16H23N3O2. The second-order valence-electron chi connectivity index (χ2n) is 5.83. The van der Waals surface area contributed by atoms with Gasteiger partial charge in [-0.3, -0.25) is 9.69 Å². The zero-order valence-corrected chi connectivity index (χ0v) is 12.3. The number of nitrogen functional groups attached to an aromatic ring is 1. The summed E-state index contributed by atoms with van der Waals surface area (Å²) in [6.45, 7) is 5.35. The number of nitrogens with two attached hydrogens (primary N) is 1. The van der Waals surface area contributed by atoms with Gasteiger partial charge >= 0.3 is 0 Å². The fraction of sp³-hybridized carbons (Fsp3) is 0.562. The highest BCUT2D eigenvalue weighted by atomic mass is 16.5. The van der Waals surface area contributed by atoms with Crippen LogP contribution in [0, 0.1) is 0 Å². The molecule has 114 valence electrons. The number of ether oxygens (including phenoxy) is 1. The van der Waals surface area contributed by atoms with Crippen molar-refractivity contribution in [2.75, 3.05) is 45.1 Å². The van der Waals surface area contributed by atoms with E-state index in [9.17, 15) is 4.79 Å². The number of rotatable bonds is 3. The number of hydrogen-bond donors (Lipinski definition) is 1. The molecule has 2 aliphatic heterocycles. The molecule has 0 bridgehead atoms. The minimum Gasteiger partial charge on any atom is -0.399 e. The van der Waals surface area contributed by atoms with E-state index in [-0.39, 0.29) is 5.91 Å². The van der Waals surface area contributed by atoms with E-state index in [4.69, 9.17) is 10.5 Å². The first kappa shape index (κ1) is 14.4. The normalized spacial score (nSPS) is 23.4. The maximum atomic E-state index is 12.7. The van der Waals surface area contributed by atoms with E-state index in [1.807, 2.05) is 23.1 Å². The van der Waals surface area contributed by atoms with E-state index in [0.29, 0.717) is 17.3 Å². The van der Waals surface area contributed by atoms with Crippen LogP contribution in [0.25, 0.3) is 0 Å². The summed E-state index contributed by atoms with van der Waals surface area (Å²) in [4.78, 5) is 17.1. The van der Waals surface area contributed by atoms with Gasteiger partial charge in [-0.05, 0) is 31.0 Å². The van der Waals surface area contributed by atoms with E-state index in [1.165, 1.54) is 0 Å². The Bertz CT molecular complexity index is 500. The van der Waals surface area contributed by atoms with Crippen molar-refractivity contribution in [3.8, 4) is 0 Å². The molecule has 2 fully saturated rings. The van der Waals surface area contributed by atoms with Crippen LogP contribution in [0.5, 0.6) is 0 Å². The third-order valence-electron chi connectivity index (χ3n) is 4.34. The Labute approximate surface area is 125 Å². The van der Waals surface area contributed by atoms with Gasteiger partial charge < -0.3 is 15.4 Å². The molecule has 2 heterocycles. The fourth-order valence-electron chi connectivity index (χ4n) is 3.21. The number of carbonyl (C=O) groups is 1. The van der Waals surface area contributed by atoms with Gasteiger partial charge in [0.05, 0.1) is 13.2 Å². The standard InChI is InChI=1S/C16H23N3O2/c17-14-4-1-3-13(11-14)16(20)19-6-2-5-15(19)12-18-7-9-21-10-8-18/h1,3-4,11,15H,2,5-10,12,17H2. The van der Waals surface area contributed by atoms with Crippen molar-refractivity contribution in [3.05, 3.63) is 29.8 Å². The number of likely N-dealkylation sites (tertiary alicyclic amines) is 1. The Kier molecular flexibility index (Phi) is 4.41. The smallest absolute Gasteiger partial charge is 0.254 e. The molecule has 1 unspecified atom stereocenters. The Morgan fingerprint density at radius 1 is 1.29 bits per heavy atom. The minimum atomic E-state index is 0.109. The molecule has 0 radical (unpaired) electrons. The lowest BCUT2D eigenvalue weighted by Crippen LogP contribution is -2.46. The van der Waals surface area contributed by atoms with E-state index < -0.39 is 0 Å². The van der Waals surface area contributed by atoms with Crippen molar-refractivity contribution in [1.82, 2.24) is 9.80 Å². The van der Waals surface area contributed by atoms with Crippen LogP contribution in [0.4, 0.5) is 5.69 Å². The van der Waals surface area contributed by atoms with E-state index in [0.717, 1.165) is 52.2 Å². The Morgan fingerprint density at radius 3 is 2.86 bits per heavy atom. The largest absolute Gasteiger partial charge is 0.399 e. The van der Waals surface area contributed by atoms with Gasteiger partial charge in [-0.15, -0.1) is 0 Å². The van der Waals surface area contributed by atoms with Crippen molar-refractivity contribution >= 4 is 11.6 Å². The maximum absolute atomic E-state index is 12.7. The van der Waals surface area contributed by atoms with Gasteiger partial charge in [0.2, 0.25) is 0 Å². The van der Waals surface area contributed by atoms with E-state index in [2.05, 4.69) is 4.90 Å². The summed E-state index contributed by atoms with van der Waals surface area (Å²) in [6.07, 6.45) is 2.18. The molecule has 0 saturated carbocycles. The molecule has 0 spiro atoms. The molecule has 5 heteroatoms. The first-order chi connectivity index (χ1) is 10.2. The molecule has 2 saturated heterocycles. The van der Waals surface area contributed by atoms with Crippen molar-refractivity contribution < 1.29 is 9.53 Å². The molecule has 0 aliphatic carbocycles. The lowest BCUT2D eigenvalue weighted by atomic mass is 10.1. The highest BCUT2D eigenvalue weighted by molar-refractivity contribution is 5.95. The van der Waals surface area contributed by atoms with Gasteiger partial charge in [0.1, 0.15) is 0 Å². The Balaban J connectivity index is 1.66. The van der Waals surface area contributed by atoms with Crippen LogP contribution in [-0.2, 0) is 4.74 Å². The molecule has 5 nitrogen and oxygen atoms in total. The monoisotopic (exact) mass is 289 g/mol. The van der Waals surface area contributed by atoms with Crippen LogP contribution in [0.3, 0.4) is 0 Å². The third-order valence-corrected chi connectivity index (χ3v) is 4.34. The SMILES string of the molecule is Nc1cccc(C(=O)N2CCCC2CN2CCOCC2)c1. The van der Waals surface area contributed by atoms with E-state index >= 15 is 0 Å². The summed E-state index contributed by atoms with van der Waals surface area (Å²) in [6, 6.07) is 7.59. The van der Waals surface area contributed by atoms with Crippen molar-refractivity contribution in [2.45, 2.75) is 18.9 Å². The quantitative estimate of drug-likeness (QED) is 0.850. The van der Waals surface area contributed by atoms with Crippen LogP contribution < -0.4 is 5.73 Å². The van der Waals surface area contributed by atoms with Gasteiger partial charge in [-0.2, -0.15) is 0 Å². The predicted molar refractivity (Wildman–Crippen MR) is 82.2 cm³/mol. The van der Waals surface area contributed by atoms with Crippen LogP contribution in [0.15, 0.2) is 24.3 Å². The number of carbonyl (C=O) groups excluding carboxylic acids is 1. The van der Waals surface area contributed by atoms with Crippen LogP contribution in [0.1, 0.15) is 23.2 Å². The topological polar surface area (TPSA) is 58.8 Å². The lowest BCUT2D eigenvalue weighted by Gasteiger charge is -2.33. The second-order valence-corrected chi connectivity index (χ2v) is 5.83. The Hall–Kier alpha value is -1.59. The van der Waals surface area contributed by atoms with Crippen LogP contribution in [-0.4, -0.2) is 61.1 Å². The Morgan fingerprint density at radius 2 is 2.10 bits per heavy atom. The zero-order chi connectivity index (χ0) is 14.7. The highest BCUT2D eigenvalue weighted by Crippen LogP contribution is 2.22. The van der Waals surface area contributed by atoms with Gasteiger partial charge in [0.15, 0.2) is 0 Å². The lowest BCUT2D eigenvalue weighted by molar-refractivity contribution is 0.0261. The van der Waals surface area contributed by atoms with Crippen molar-refractivity contribution in [3.63, 3.8) is 0 Å². The van der Waals surface area contributed by atoms with Gasteiger partial charge in [-0.25, -0.2) is 0 Å². The summed E-state index contributed by atoms with van der Waals surface area (Å²) < 4.78 is 5.38.